The number of benzene rings is 3. The van der Waals surface area contributed by atoms with Crippen LogP contribution >= 0.6 is 12.2 Å². The molecule has 0 aliphatic carbocycles. The molecule has 8 nitrogen and oxygen atoms in total. The van der Waals surface area contributed by atoms with Gasteiger partial charge in [-0.25, -0.2) is 9.18 Å². The molecule has 1 N–H and O–H groups in total. The molecule has 10 heteroatoms. The molecule has 38 heavy (non-hydrogen) atoms. The second-order valence-corrected chi connectivity index (χ2v) is 8.80. The second kappa shape index (κ2) is 11.8. The molecule has 1 fully saturated rings. The van der Waals surface area contributed by atoms with Crippen molar-refractivity contribution in [2.24, 2.45) is 0 Å². The van der Waals surface area contributed by atoms with Crippen molar-refractivity contribution in [3.05, 3.63) is 89.7 Å². The van der Waals surface area contributed by atoms with Crippen LogP contribution in [0.1, 0.15) is 29.3 Å². The van der Waals surface area contributed by atoms with Gasteiger partial charge in [0, 0.05) is 17.8 Å². The topological polar surface area (TPSA) is 88.2 Å². The third-order valence-corrected chi connectivity index (χ3v) is 6.42. The van der Waals surface area contributed by atoms with Gasteiger partial charge in [-0.3, -0.25) is 14.5 Å². The van der Waals surface area contributed by atoms with Crippen molar-refractivity contribution in [3.63, 3.8) is 0 Å². The molecule has 0 spiro atoms. The van der Waals surface area contributed by atoms with Gasteiger partial charge in [0.05, 0.1) is 31.4 Å². The van der Waals surface area contributed by atoms with E-state index in [0.717, 1.165) is 0 Å². The summed E-state index contributed by atoms with van der Waals surface area (Å²) in [7, 11) is 1.54. The number of nitrogens with one attached hydrogen (secondary N) is 1. The molecule has 3 aromatic rings. The Balaban J connectivity index is 1.59. The van der Waals surface area contributed by atoms with Crippen LogP contribution < -0.4 is 15.0 Å². The standard InChI is InChI=1S/C28H26FN3O5S/c1-3-37-27(35)18-8-12-21(13-9-18)32-26(34)24(16-25(33)30-20-10-14-22(36-2)15-11-20)31(28(32)38)17-19-6-4-5-7-23(19)29/h4-15,24H,3,16-17H2,1-2H3,(H,30,33). The largest absolute Gasteiger partial charge is 0.497 e. The number of esters is 1. The van der Waals surface area contributed by atoms with Crippen molar-refractivity contribution in [3.8, 4) is 5.75 Å². The number of anilines is 2. The Morgan fingerprint density at radius 1 is 1.03 bits per heavy atom. The third kappa shape index (κ3) is 5.81. The summed E-state index contributed by atoms with van der Waals surface area (Å²) in [6.07, 6.45) is -0.211. The third-order valence-electron chi connectivity index (χ3n) is 6.01. The first-order valence-electron chi connectivity index (χ1n) is 11.9. The zero-order valence-electron chi connectivity index (χ0n) is 20.8. The summed E-state index contributed by atoms with van der Waals surface area (Å²) < 4.78 is 24.7. The van der Waals surface area contributed by atoms with Crippen molar-refractivity contribution in [2.45, 2.75) is 25.9 Å². The highest BCUT2D eigenvalue weighted by molar-refractivity contribution is 7.80. The van der Waals surface area contributed by atoms with Crippen molar-refractivity contribution in [2.75, 3.05) is 23.9 Å². The van der Waals surface area contributed by atoms with Crippen LogP contribution in [0, 0.1) is 5.82 Å². The lowest BCUT2D eigenvalue weighted by molar-refractivity contribution is -0.124. The lowest BCUT2D eigenvalue weighted by Crippen LogP contribution is -2.37. The lowest BCUT2D eigenvalue weighted by atomic mass is 10.1. The molecule has 0 saturated carbocycles. The molecular formula is C28H26FN3O5S. The molecule has 1 atom stereocenters. The molecule has 1 aliphatic heterocycles. The van der Waals surface area contributed by atoms with E-state index in [1.807, 2.05) is 0 Å². The van der Waals surface area contributed by atoms with Crippen LogP contribution in [0.4, 0.5) is 15.8 Å². The van der Waals surface area contributed by atoms with E-state index in [9.17, 15) is 18.8 Å². The minimum absolute atomic E-state index is 0.00482. The Bertz CT molecular complexity index is 1350. The summed E-state index contributed by atoms with van der Waals surface area (Å²) in [5.74, 6) is -1.13. The molecule has 1 heterocycles. The predicted octanol–water partition coefficient (Wildman–Crippen LogP) is 4.54. The Labute approximate surface area is 224 Å². The van der Waals surface area contributed by atoms with Crippen molar-refractivity contribution in [1.29, 1.82) is 0 Å². The number of methoxy groups -OCH3 is 1. The smallest absolute Gasteiger partial charge is 0.338 e. The number of carbonyl (C=O) groups excluding carboxylic acids is 3. The summed E-state index contributed by atoms with van der Waals surface area (Å²) in [5, 5.41) is 2.91. The van der Waals surface area contributed by atoms with Gasteiger partial charge >= 0.3 is 5.97 Å². The normalized spacial score (nSPS) is 15.0. The highest BCUT2D eigenvalue weighted by Crippen LogP contribution is 2.30. The zero-order chi connectivity index (χ0) is 27.2. The number of thiocarbonyl (C=S) groups is 1. The summed E-state index contributed by atoms with van der Waals surface area (Å²) in [6, 6.07) is 18.2. The van der Waals surface area contributed by atoms with Crippen LogP contribution in [0.5, 0.6) is 5.75 Å². The van der Waals surface area contributed by atoms with E-state index in [4.69, 9.17) is 21.7 Å². The predicted molar refractivity (Wildman–Crippen MR) is 144 cm³/mol. The van der Waals surface area contributed by atoms with E-state index in [-0.39, 0.29) is 24.7 Å². The number of nitrogens with zero attached hydrogens (tertiary/aromatic N) is 2. The highest BCUT2D eigenvalue weighted by atomic mass is 32.1. The molecule has 1 aliphatic rings. The van der Waals surface area contributed by atoms with Gasteiger partial charge in [0.25, 0.3) is 5.91 Å². The number of hydrogen-bond acceptors (Lipinski definition) is 6. The van der Waals surface area contributed by atoms with Gasteiger partial charge in [0.1, 0.15) is 17.6 Å². The molecule has 1 unspecified atom stereocenters. The van der Waals surface area contributed by atoms with E-state index in [2.05, 4.69) is 5.32 Å². The molecule has 0 bridgehead atoms. The van der Waals surface area contributed by atoms with Crippen molar-refractivity contribution in [1.82, 2.24) is 4.90 Å². The average molecular weight is 536 g/mol. The van der Waals surface area contributed by atoms with Crippen molar-refractivity contribution < 1.29 is 28.2 Å². The van der Waals surface area contributed by atoms with Crippen LogP contribution in [0.15, 0.2) is 72.8 Å². The van der Waals surface area contributed by atoms with E-state index >= 15 is 0 Å². The Hall–Kier alpha value is -4.31. The SMILES string of the molecule is CCOC(=O)c1ccc(N2C(=O)C(CC(=O)Nc3ccc(OC)cc3)N(Cc3ccccc3F)C2=S)cc1. The van der Waals surface area contributed by atoms with Gasteiger partial charge in [0.2, 0.25) is 5.91 Å². The molecule has 1 saturated heterocycles. The number of rotatable bonds is 9. The number of ether oxygens (including phenoxy) is 2. The van der Waals surface area contributed by atoms with Crippen LogP contribution in [0.25, 0.3) is 0 Å². The van der Waals surface area contributed by atoms with E-state index in [0.29, 0.717) is 28.3 Å². The Kier molecular flexibility index (Phi) is 8.32. The van der Waals surface area contributed by atoms with Gasteiger partial charge in [-0.2, -0.15) is 0 Å². The monoisotopic (exact) mass is 535 g/mol. The Morgan fingerprint density at radius 2 is 1.71 bits per heavy atom. The number of carbonyl (C=O) groups is 3. The summed E-state index contributed by atoms with van der Waals surface area (Å²) in [4.78, 5) is 41.4. The first kappa shape index (κ1) is 26.7. The molecular weight excluding hydrogens is 509 g/mol. The fourth-order valence-electron chi connectivity index (χ4n) is 4.08. The first-order chi connectivity index (χ1) is 18.3. The van der Waals surface area contributed by atoms with Crippen LogP contribution in [-0.2, 0) is 20.9 Å². The molecule has 2 amide bonds. The van der Waals surface area contributed by atoms with Crippen molar-refractivity contribution >= 4 is 46.5 Å². The van der Waals surface area contributed by atoms with Crippen LogP contribution in [0.3, 0.4) is 0 Å². The summed E-state index contributed by atoms with van der Waals surface area (Å²) in [5.41, 5.74) is 1.62. The van der Waals surface area contributed by atoms with Gasteiger partial charge in [-0.05, 0) is 73.7 Å². The maximum absolute atomic E-state index is 14.5. The van der Waals surface area contributed by atoms with Crippen LogP contribution in [0.2, 0.25) is 0 Å². The number of amides is 2. The zero-order valence-corrected chi connectivity index (χ0v) is 21.7. The minimum Gasteiger partial charge on any atom is -0.497 e. The molecule has 0 radical (unpaired) electrons. The maximum Gasteiger partial charge on any atom is 0.338 e. The first-order valence-corrected chi connectivity index (χ1v) is 12.3. The average Bonchev–Trinajstić information content (AvgIpc) is 3.14. The molecule has 196 valence electrons. The van der Waals surface area contributed by atoms with Gasteiger partial charge in [0.15, 0.2) is 5.11 Å². The Morgan fingerprint density at radius 3 is 2.34 bits per heavy atom. The summed E-state index contributed by atoms with van der Waals surface area (Å²) in [6.45, 7) is 1.94. The van der Waals surface area contributed by atoms with E-state index in [1.54, 1.807) is 73.5 Å². The second-order valence-electron chi connectivity index (χ2n) is 8.44. The number of hydrogen-bond donors (Lipinski definition) is 1. The van der Waals surface area contributed by atoms with Gasteiger partial charge < -0.3 is 19.7 Å². The lowest BCUT2D eigenvalue weighted by Gasteiger charge is -2.24. The van der Waals surface area contributed by atoms with Gasteiger partial charge in [-0.15, -0.1) is 0 Å². The maximum atomic E-state index is 14.5. The molecule has 0 aromatic heterocycles. The molecule has 3 aromatic carbocycles. The van der Waals surface area contributed by atoms with E-state index < -0.39 is 29.6 Å². The summed E-state index contributed by atoms with van der Waals surface area (Å²) >= 11 is 5.65. The number of halogens is 1. The van der Waals surface area contributed by atoms with Crippen LogP contribution in [-0.4, -0.2) is 47.6 Å². The fraction of sp³-hybridized carbons (Fsp3) is 0.214. The molecule has 4 rings (SSSR count). The van der Waals surface area contributed by atoms with E-state index in [1.165, 1.54) is 23.1 Å². The van der Waals surface area contributed by atoms with Gasteiger partial charge in [-0.1, -0.05) is 18.2 Å². The fourth-order valence-corrected chi connectivity index (χ4v) is 4.47. The minimum atomic E-state index is -0.968. The highest BCUT2D eigenvalue weighted by Gasteiger charge is 2.44. The quantitative estimate of drug-likeness (QED) is 0.318.